The van der Waals surface area contributed by atoms with Crippen LogP contribution in [0.2, 0.25) is 0 Å². The Hall–Kier alpha value is -1.36. The number of fused-ring (bicyclic) bond motifs is 1. The summed E-state index contributed by atoms with van der Waals surface area (Å²) in [4.78, 5) is 5.04. The summed E-state index contributed by atoms with van der Waals surface area (Å²) in [7, 11) is 0. The molecule has 2 aromatic rings. The van der Waals surface area contributed by atoms with Crippen LogP contribution in [0.25, 0.3) is 11.0 Å². The zero-order valence-electron chi connectivity index (χ0n) is 13.0. The Kier molecular flexibility index (Phi) is 4.29. The van der Waals surface area contributed by atoms with Gasteiger partial charge in [0.25, 0.3) is 0 Å². The van der Waals surface area contributed by atoms with Gasteiger partial charge in [-0.05, 0) is 19.9 Å². The zero-order valence-corrected chi connectivity index (χ0v) is 13.0. The maximum Gasteiger partial charge on any atom is 0.134 e. The second-order valence-corrected chi connectivity index (χ2v) is 6.11. The van der Waals surface area contributed by atoms with E-state index in [2.05, 4.69) is 35.8 Å². The molecular weight excluding hydrogens is 262 g/mol. The first-order valence-electron chi connectivity index (χ1n) is 7.84. The molecule has 1 aromatic heterocycles. The standard InChI is InChI=1S/C17H25N3O/c1-13(2)20-9-7-19(8-10-20)12-15-14-5-3-4-6-16(14)21-17(15)11-18/h3-6,13H,7-12,18H2,1-2H3. The lowest BCUT2D eigenvalue weighted by Gasteiger charge is -2.36. The Balaban J connectivity index is 1.76. The van der Waals surface area contributed by atoms with Gasteiger partial charge in [0.1, 0.15) is 11.3 Å². The second kappa shape index (κ2) is 6.18. The quantitative estimate of drug-likeness (QED) is 0.938. The first kappa shape index (κ1) is 14.6. The number of para-hydroxylation sites is 1. The Morgan fingerprint density at radius 2 is 1.86 bits per heavy atom. The van der Waals surface area contributed by atoms with Crippen LogP contribution in [0, 0.1) is 0 Å². The maximum atomic E-state index is 5.89. The average Bonchev–Trinajstić information content (AvgIpc) is 2.86. The fourth-order valence-corrected chi connectivity index (χ4v) is 3.15. The van der Waals surface area contributed by atoms with Gasteiger partial charge in [0.05, 0.1) is 6.54 Å². The number of nitrogens with zero attached hydrogens (tertiary/aromatic N) is 2. The lowest BCUT2D eigenvalue weighted by atomic mass is 10.1. The van der Waals surface area contributed by atoms with E-state index in [-0.39, 0.29) is 0 Å². The molecule has 1 aliphatic rings. The molecule has 0 aliphatic carbocycles. The fraction of sp³-hybridized carbons (Fsp3) is 0.529. The fourth-order valence-electron chi connectivity index (χ4n) is 3.15. The molecule has 1 fully saturated rings. The molecule has 21 heavy (non-hydrogen) atoms. The Morgan fingerprint density at radius 1 is 1.14 bits per heavy atom. The third-order valence-electron chi connectivity index (χ3n) is 4.49. The molecule has 3 rings (SSSR count). The minimum atomic E-state index is 0.468. The Morgan fingerprint density at radius 3 is 2.52 bits per heavy atom. The van der Waals surface area contributed by atoms with Crippen molar-refractivity contribution >= 4 is 11.0 Å². The molecule has 0 amide bonds. The van der Waals surface area contributed by atoms with Crippen LogP contribution >= 0.6 is 0 Å². The van der Waals surface area contributed by atoms with E-state index in [0.29, 0.717) is 12.6 Å². The first-order valence-corrected chi connectivity index (χ1v) is 7.84. The van der Waals surface area contributed by atoms with E-state index in [4.69, 9.17) is 10.2 Å². The van der Waals surface area contributed by atoms with Crippen LogP contribution in [0.4, 0.5) is 0 Å². The van der Waals surface area contributed by atoms with Crippen molar-refractivity contribution < 1.29 is 4.42 Å². The van der Waals surface area contributed by atoms with Crippen LogP contribution in [-0.4, -0.2) is 42.0 Å². The predicted molar refractivity (Wildman–Crippen MR) is 86.1 cm³/mol. The normalized spacial score (nSPS) is 17.9. The van der Waals surface area contributed by atoms with E-state index >= 15 is 0 Å². The number of hydrogen-bond donors (Lipinski definition) is 1. The molecule has 0 spiro atoms. The first-order chi connectivity index (χ1) is 10.2. The third-order valence-corrected chi connectivity index (χ3v) is 4.49. The number of benzene rings is 1. The van der Waals surface area contributed by atoms with Gasteiger partial charge in [-0.2, -0.15) is 0 Å². The molecule has 0 unspecified atom stereocenters. The van der Waals surface area contributed by atoms with Crippen molar-refractivity contribution in [2.24, 2.45) is 5.73 Å². The summed E-state index contributed by atoms with van der Waals surface area (Å²) in [6.07, 6.45) is 0. The van der Waals surface area contributed by atoms with Gasteiger partial charge in [-0.15, -0.1) is 0 Å². The Bertz CT molecular complexity index is 597. The number of hydrogen-bond acceptors (Lipinski definition) is 4. The summed E-state index contributed by atoms with van der Waals surface area (Å²) in [5.74, 6) is 0.933. The summed E-state index contributed by atoms with van der Waals surface area (Å²) in [6, 6.07) is 8.88. The number of rotatable bonds is 4. The average molecular weight is 287 g/mol. The number of furan rings is 1. The molecule has 2 N–H and O–H groups in total. The van der Waals surface area contributed by atoms with Gasteiger partial charge in [0.2, 0.25) is 0 Å². The van der Waals surface area contributed by atoms with E-state index in [1.807, 2.05) is 12.1 Å². The molecule has 4 nitrogen and oxygen atoms in total. The highest BCUT2D eigenvalue weighted by atomic mass is 16.3. The van der Waals surface area contributed by atoms with Crippen LogP contribution < -0.4 is 5.73 Å². The smallest absolute Gasteiger partial charge is 0.134 e. The van der Waals surface area contributed by atoms with Gasteiger partial charge in [-0.1, -0.05) is 18.2 Å². The van der Waals surface area contributed by atoms with Crippen LogP contribution in [0.15, 0.2) is 28.7 Å². The molecule has 0 atom stereocenters. The van der Waals surface area contributed by atoms with Gasteiger partial charge in [0.15, 0.2) is 0 Å². The second-order valence-electron chi connectivity index (χ2n) is 6.11. The van der Waals surface area contributed by atoms with E-state index < -0.39 is 0 Å². The predicted octanol–water partition coefficient (Wildman–Crippen LogP) is 2.42. The molecule has 1 aliphatic heterocycles. The molecule has 2 heterocycles. The summed E-state index contributed by atoms with van der Waals surface area (Å²) in [6.45, 7) is 10.5. The van der Waals surface area contributed by atoms with Crippen LogP contribution in [0.5, 0.6) is 0 Å². The summed E-state index contributed by atoms with van der Waals surface area (Å²) in [5.41, 5.74) is 8.08. The molecule has 4 heteroatoms. The lowest BCUT2D eigenvalue weighted by molar-refractivity contribution is 0.104. The van der Waals surface area contributed by atoms with Crippen molar-refractivity contribution in [3.63, 3.8) is 0 Å². The van der Waals surface area contributed by atoms with Crippen molar-refractivity contribution in [3.8, 4) is 0 Å². The summed E-state index contributed by atoms with van der Waals surface area (Å²) < 4.78 is 5.89. The number of piperazine rings is 1. The van der Waals surface area contributed by atoms with Gasteiger partial charge < -0.3 is 10.2 Å². The van der Waals surface area contributed by atoms with Crippen LogP contribution in [-0.2, 0) is 13.1 Å². The minimum Gasteiger partial charge on any atom is -0.459 e. The monoisotopic (exact) mass is 287 g/mol. The van der Waals surface area contributed by atoms with E-state index in [0.717, 1.165) is 44.1 Å². The molecule has 114 valence electrons. The number of nitrogens with two attached hydrogens (primary N) is 1. The highest BCUT2D eigenvalue weighted by molar-refractivity contribution is 5.82. The van der Waals surface area contributed by atoms with Crippen molar-refractivity contribution in [3.05, 3.63) is 35.6 Å². The molecule has 1 aromatic carbocycles. The summed E-state index contributed by atoms with van der Waals surface area (Å²) >= 11 is 0. The minimum absolute atomic E-state index is 0.468. The highest BCUT2D eigenvalue weighted by Gasteiger charge is 2.21. The Labute approximate surface area is 126 Å². The molecular formula is C17H25N3O. The largest absolute Gasteiger partial charge is 0.459 e. The van der Waals surface area contributed by atoms with E-state index in [1.54, 1.807) is 0 Å². The van der Waals surface area contributed by atoms with E-state index in [1.165, 1.54) is 10.9 Å². The zero-order chi connectivity index (χ0) is 14.8. The van der Waals surface area contributed by atoms with Gasteiger partial charge >= 0.3 is 0 Å². The SMILES string of the molecule is CC(C)N1CCN(Cc2c(CN)oc3ccccc23)CC1. The van der Waals surface area contributed by atoms with Gasteiger partial charge in [0, 0.05) is 49.7 Å². The van der Waals surface area contributed by atoms with Crippen LogP contribution in [0.3, 0.4) is 0 Å². The third kappa shape index (κ3) is 2.98. The van der Waals surface area contributed by atoms with Gasteiger partial charge in [-0.3, -0.25) is 9.80 Å². The molecule has 0 saturated carbocycles. The van der Waals surface area contributed by atoms with Crippen molar-refractivity contribution in [1.29, 1.82) is 0 Å². The van der Waals surface area contributed by atoms with Crippen molar-refractivity contribution in [2.75, 3.05) is 26.2 Å². The van der Waals surface area contributed by atoms with Crippen LogP contribution in [0.1, 0.15) is 25.2 Å². The van der Waals surface area contributed by atoms with Crippen molar-refractivity contribution in [1.82, 2.24) is 9.80 Å². The maximum absolute atomic E-state index is 5.89. The van der Waals surface area contributed by atoms with Gasteiger partial charge in [-0.25, -0.2) is 0 Å². The lowest BCUT2D eigenvalue weighted by Crippen LogP contribution is -2.48. The molecule has 0 radical (unpaired) electrons. The topological polar surface area (TPSA) is 45.6 Å². The summed E-state index contributed by atoms with van der Waals surface area (Å²) in [5, 5.41) is 1.21. The molecule has 1 saturated heterocycles. The molecule has 0 bridgehead atoms. The van der Waals surface area contributed by atoms with E-state index in [9.17, 15) is 0 Å². The van der Waals surface area contributed by atoms with Crippen molar-refractivity contribution in [2.45, 2.75) is 33.0 Å². The highest BCUT2D eigenvalue weighted by Crippen LogP contribution is 2.27.